The molecule has 0 aliphatic heterocycles. The van der Waals surface area contributed by atoms with Gasteiger partial charge < -0.3 is 10.1 Å². The molecule has 0 aromatic heterocycles. The predicted octanol–water partition coefficient (Wildman–Crippen LogP) is 4.79. The molecule has 1 N–H and O–H groups in total. The fourth-order valence-electron chi connectivity index (χ4n) is 3.28. The van der Waals surface area contributed by atoms with Crippen LogP contribution in [0.15, 0.2) is 88.2 Å². The van der Waals surface area contributed by atoms with E-state index < -0.39 is 10.0 Å². The first kappa shape index (κ1) is 24.8. The molecular formula is C25H27BrN2O4S. The van der Waals surface area contributed by atoms with Crippen molar-refractivity contribution in [2.75, 3.05) is 24.0 Å². The highest BCUT2D eigenvalue weighted by molar-refractivity contribution is 9.10. The van der Waals surface area contributed by atoms with Gasteiger partial charge >= 0.3 is 0 Å². The van der Waals surface area contributed by atoms with E-state index in [1.165, 1.54) is 17.7 Å². The van der Waals surface area contributed by atoms with Crippen LogP contribution in [0.4, 0.5) is 5.69 Å². The number of hydrogen-bond donors (Lipinski definition) is 1. The number of rotatable bonds is 11. The highest BCUT2D eigenvalue weighted by atomic mass is 79.9. The largest absolute Gasteiger partial charge is 0.494 e. The number of carbonyl (C=O) groups is 1. The second kappa shape index (κ2) is 11.9. The van der Waals surface area contributed by atoms with Gasteiger partial charge in [-0.05, 0) is 73.9 Å². The second-order valence-electron chi connectivity index (χ2n) is 7.33. The van der Waals surface area contributed by atoms with Gasteiger partial charge in [0.2, 0.25) is 5.91 Å². The van der Waals surface area contributed by atoms with Gasteiger partial charge in [0.05, 0.1) is 17.2 Å². The third-order valence-electron chi connectivity index (χ3n) is 4.93. The third-order valence-corrected chi connectivity index (χ3v) is 7.25. The lowest BCUT2D eigenvalue weighted by atomic mass is 10.1. The van der Waals surface area contributed by atoms with Crippen LogP contribution in [0.5, 0.6) is 5.75 Å². The molecule has 0 saturated carbocycles. The van der Waals surface area contributed by atoms with E-state index >= 15 is 0 Å². The fourth-order valence-corrected chi connectivity index (χ4v) is 4.96. The standard InChI is InChI=1S/C25H27BrN2O4S/c1-2-32-23-14-12-22(13-15-23)28(33(30,31)24-16-10-21(26)11-17-24)19-25(29)27-18-6-9-20-7-4-3-5-8-20/h3-5,7-8,10-17H,2,6,9,18-19H2,1H3,(H,27,29). The first-order chi connectivity index (χ1) is 15.9. The van der Waals surface area contributed by atoms with Crippen molar-refractivity contribution in [2.24, 2.45) is 0 Å². The number of aryl methyl sites for hydroxylation is 1. The number of nitrogens with one attached hydrogen (secondary N) is 1. The van der Waals surface area contributed by atoms with Crippen LogP contribution in [0, 0.1) is 0 Å². The number of anilines is 1. The van der Waals surface area contributed by atoms with Gasteiger partial charge in [0.1, 0.15) is 12.3 Å². The summed E-state index contributed by atoms with van der Waals surface area (Å²) < 4.78 is 34.2. The SMILES string of the molecule is CCOc1ccc(N(CC(=O)NCCCc2ccccc2)S(=O)(=O)c2ccc(Br)cc2)cc1. The fraction of sp³-hybridized carbons (Fsp3) is 0.240. The first-order valence-corrected chi connectivity index (χ1v) is 13.0. The van der Waals surface area contributed by atoms with E-state index in [2.05, 4.69) is 21.2 Å². The first-order valence-electron chi connectivity index (χ1n) is 10.7. The summed E-state index contributed by atoms with van der Waals surface area (Å²) in [7, 11) is -3.95. The predicted molar refractivity (Wildman–Crippen MR) is 134 cm³/mol. The van der Waals surface area contributed by atoms with Crippen LogP contribution in [-0.2, 0) is 21.2 Å². The van der Waals surface area contributed by atoms with E-state index in [1.807, 2.05) is 37.3 Å². The van der Waals surface area contributed by atoms with Crippen molar-refractivity contribution in [3.05, 3.63) is 88.9 Å². The number of nitrogens with zero attached hydrogens (tertiary/aromatic N) is 1. The number of sulfonamides is 1. The topological polar surface area (TPSA) is 75.7 Å². The minimum atomic E-state index is -3.95. The normalized spacial score (nSPS) is 11.1. The lowest BCUT2D eigenvalue weighted by Crippen LogP contribution is -2.41. The molecule has 8 heteroatoms. The molecule has 0 aliphatic carbocycles. The maximum absolute atomic E-state index is 13.4. The van der Waals surface area contributed by atoms with Crippen LogP contribution >= 0.6 is 15.9 Å². The molecule has 0 fully saturated rings. The summed E-state index contributed by atoms with van der Waals surface area (Å²) in [5.74, 6) is 0.269. The summed E-state index contributed by atoms with van der Waals surface area (Å²) >= 11 is 3.32. The average molecular weight is 531 g/mol. The Morgan fingerprint density at radius 1 is 0.970 bits per heavy atom. The van der Waals surface area contributed by atoms with Crippen molar-refractivity contribution in [3.63, 3.8) is 0 Å². The average Bonchev–Trinajstić information content (AvgIpc) is 2.82. The highest BCUT2D eigenvalue weighted by Crippen LogP contribution is 2.26. The Hall–Kier alpha value is -2.84. The Labute approximate surface area is 203 Å². The molecule has 33 heavy (non-hydrogen) atoms. The van der Waals surface area contributed by atoms with Crippen LogP contribution in [0.2, 0.25) is 0 Å². The van der Waals surface area contributed by atoms with Gasteiger partial charge in [-0.1, -0.05) is 46.3 Å². The Balaban J connectivity index is 1.73. The lowest BCUT2D eigenvalue weighted by molar-refractivity contribution is -0.119. The maximum atomic E-state index is 13.4. The van der Waals surface area contributed by atoms with Crippen molar-refractivity contribution in [2.45, 2.75) is 24.7 Å². The van der Waals surface area contributed by atoms with Crippen LogP contribution in [0.1, 0.15) is 18.9 Å². The van der Waals surface area contributed by atoms with Crippen LogP contribution < -0.4 is 14.4 Å². The quantitative estimate of drug-likeness (QED) is 0.361. The van der Waals surface area contributed by atoms with Crippen molar-refractivity contribution in [1.29, 1.82) is 0 Å². The zero-order valence-corrected chi connectivity index (χ0v) is 20.8. The number of halogens is 1. The molecule has 174 valence electrons. The molecule has 0 saturated heterocycles. The summed E-state index contributed by atoms with van der Waals surface area (Å²) in [6.45, 7) is 2.52. The Morgan fingerprint density at radius 2 is 1.64 bits per heavy atom. The van der Waals surface area contributed by atoms with Gasteiger partial charge in [-0.3, -0.25) is 9.10 Å². The van der Waals surface area contributed by atoms with Gasteiger partial charge in [0, 0.05) is 11.0 Å². The van der Waals surface area contributed by atoms with E-state index in [4.69, 9.17) is 4.74 Å². The van der Waals surface area contributed by atoms with Crippen molar-refractivity contribution >= 4 is 37.5 Å². The summed E-state index contributed by atoms with van der Waals surface area (Å²) in [6.07, 6.45) is 1.60. The second-order valence-corrected chi connectivity index (χ2v) is 10.1. The zero-order chi connectivity index (χ0) is 23.7. The van der Waals surface area contributed by atoms with E-state index in [9.17, 15) is 13.2 Å². The van der Waals surface area contributed by atoms with Crippen molar-refractivity contribution in [3.8, 4) is 5.75 Å². The summed E-state index contributed by atoms with van der Waals surface area (Å²) in [5, 5.41) is 2.84. The molecule has 0 bridgehead atoms. The van der Waals surface area contributed by atoms with E-state index in [1.54, 1.807) is 36.4 Å². The monoisotopic (exact) mass is 530 g/mol. The van der Waals surface area contributed by atoms with Crippen LogP contribution in [-0.4, -0.2) is 34.0 Å². The van der Waals surface area contributed by atoms with Gasteiger partial charge in [-0.25, -0.2) is 8.42 Å². The summed E-state index contributed by atoms with van der Waals surface area (Å²) in [5.41, 5.74) is 1.58. The minimum absolute atomic E-state index is 0.108. The summed E-state index contributed by atoms with van der Waals surface area (Å²) in [6, 6.07) is 23.0. The van der Waals surface area contributed by atoms with Crippen LogP contribution in [0.3, 0.4) is 0 Å². The molecule has 0 aliphatic rings. The van der Waals surface area contributed by atoms with Crippen LogP contribution in [0.25, 0.3) is 0 Å². The lowest BCUT2D eigenvalue weighted by Gasteiger charge is -2.24. The van der Waals surface area contributed by atoms with Crippen molar-refractivity contribution in [1.82, 2.24) is 5.32 Å². The smallest absolute Gasteiger partial charge is 0.264 e. The highest BCUT2D eigenvalue weighted by Gasteiger charge is 2.27. The third kappa shape index (κ3) is 7.07. The molecule has 3 rings (SSSR count). The number of amides is 1. The Bertz CT molecular complexity index is 1140. The Morgan fingerprint density at radius 3 is 2.27 bits per heavy atom. The Kier molecular flexibility index (Phi) is 8.91. The molecule has 0 heterocycles. The molecule has 0 atom stereocenters. The molecule has 0 spiro atoms. The molecule has 3 aromatic rings. The number of ether oxygens (including phenoxy) is 1. The van der Waals surface area contributed by atoms with Gasteiger partial charge in [0.25, 0.3) is 10.0 Å². The number of carbonyl (C=O) groups excluding carboxylic acids is 1. The molecule has 1 amide bonds. The van der Waals surface area contributed by atoms with Gasteiger partial charge in [-0.15, -0.1) is 0 Å². The molecular weight excluding hydrogens is 504 g/mol. The van der Waals surface area contributed by atoms with E-state index in [0.717, 1.165) is 21.6 Å². The molecule has 3 aromatic carbocycles. The number of hydrogen-bond acceptors (Lipinski definition) is 4. The summed E-state index contributed by atoms with van der Waals surface area (Å²) in [4.78, 5) is 12.8. The molecule has 0 radical (unpaired) electrons. The van der Waals surface area contributed by atoms with E-state index in [0.29, 0.717) is 24.6 Å². The van der Waals surface area contributed by atoms with E-state index in [-0.39, 0.29) is 17.3 Å². The molecule has 6 nitrogen and oxygen atoms in total. The van der Waals surface area contributed by atoms with Gasteiger partial charge in [-0.2, -0.15) is 0 Å². The van der Waals surface area contributed by atoms with Crippen molar-refractivity contribution < 1.29 is 17.9 Å². The zero-order valence-electron chi connectivity index (χ0n) is 18.4. The minimum Gasteiger partial charge on any atom is -0.494 e. The van der Waals surface area contributed by atoms with Gasteiger partial charge in [0.15, 0.2) is 0 Å². The maximum Gasteiger partial charge on any atom is 0.264 e. The molecule has 0 unspecified atom stereocenters. The number of benzene rings is 3.